The number of benzene rings is 1. The first-order chi connectivity index (χ1) is 12.7. The van der Waals surface area contributed by atoms with Gasteiger partial charge in [-0.15, -0.1) is 24.8 Å². The standard InChI is InChI=1S/C18H25N5O3.2ClH/c1-25-12-18(5-7-19-8-6-18)17(24)22-15-3-2-4-16(11-15)26-10-9-23-14-20-13-21-23;;/h2-4,11,13-14,19H,5-10,12H2,1H3,(H,22,24);2*1H. The molecule has 8 nitrogen and oxygen atoms in total. The molecule has 3 rings (SSSR count). The van der Waals surface area contributed by atoms with Crippen molar-refractivity contribution in [1.82, 2.24) is 20.1 Å². The van der Waals surface area contributed by atoms with E-state index in [4.69, 9.17) is 9.47 Å². The van der Waals surface area contributed by atoms with Crippen molar-refractivity contribution >= 4 is 36.4 Å². The van der Waals surface area contributed by atoms with Gasteiger partial charge in [0.1, 0.15) is 25.0 Å². The molecule has 156 valence electrons. The first kappa shape index (κ1) is 24.2. The third-order valence-electron chi connectivity index (χ3n) is 4.61. The fourth-order valence-corrected chi connectivity index (χ4v) is 3.15. The van der Waals surface area contributed by atoms with E-state index in [9.17, 15) is 4.79 Å². The monoisotopic (exact) mass is 431 g/mol. The second-order valence-electron chi connectivity index (χ2n) is 6.45. The average Bonchev–Trinajstić information content (AvgIpc) is 3.16. The smallest absolute Gasteiger partial charge is 0.233 e. The summed E-state index contributed by atoms with van der Waals surface area (Å²) < 4.78 is 12.8. The third-order valence-corrected chi connectivity index (χ3v) is 4.61. The maximum absolute atomic E-state index is 12.9. The Kier molecular flexibility index (Phi) is 10.2. The number of carbonyl (C=O) groups excluding carboxylic acids is 1. The molecule has 0 radical (unpaired) electrons. The molecule has 1 aliphatic heterocycles. The minimum atomic E-state index is -0.482. The summed E-state index contributed by atoms with van der Waals surface area (Å²) in [5, 5.41) is 10.4. The number of hydrogen-bond acceptors (Lipinski definition) is 6. The molecule has 2 N–H and O–H groups in total. The van der Waals surface area contributed by atoms with Crippen molar-refractivity contribution in [3.05, 3.63) is 36.9 Å². The second-order valence-corrected chi connectivity index (χ2v) is 6.45. The van der Waals surface area contributed by atoms with E-state index in [1.54, 1.807) is 18.1 Å². The Morgan fingerprint density at radius 2 is 2.11 bits per heavy atom. The number of rotatable bonds is 8. The Hall–Kier alpha value is -1.87. The van der Waals surface area contributed by atoms with Crippen LogP contribution in [0, 0.1) is 5.41 Å². The van der Waals surface area contributed by atoms with Gasteiger partial charge in [-0.2, -0.15) is 5.10 Å². The Morgan fingerprint density at radius 3 is 2.79 bits per heavy atom. The number of hydrogen-bond donors (Lipinski definition) is 2. The lowest BCUT2D eigenvalue weighted by Crippen LogP contribution is -2.47. The highest BCUT2D eigenvalue weighted by Gasteiger charge is 2.39. The van der Waals surface area contributed by atoms with Crippen LogP contribution in [0.1, 0.15) is 12.8 Å². The molecule has 0 aliphatic carbocycles. The van der Waals surface area contributed by atoms with Crippen LogP contribution in [0.2, 0.25) is 0 Å². The molecule has 1 amide bonds. The lowest BCUT2D eigenvalue weighted by molar-refractivity contribution is -0.130. The van der Waals surface area contributed by atoms with Gasteiger partial charge in [-0.05, 0) is 38.1 Å². The van der Waals surface area contributed by atoms with Crippen molar-refractivity contribution in [2.24, 2.45) is 5.41 Å². The Bertz CT molecular complexity index is 703. The minimum absolute atomic E-state index is 0. The highest BCUT2D eigenvalue weighted by atomic mass is 35.5. The van der Waals surface area contributed by atoms with Crippen LogP contribution >= 0.6 is 24.8 Å². The summed E-state index contributed by atoms with van der Waals surface area (Å²) in [6.07, 6.45) is 4.67. The lowest BCUT2D eigenvalue weighted by atomic mass is 9.78. The first-order valence-corrected chi connectivity index (χ1v) is 8.78. The number of amides is 1. The van der Waals surface area contributed by atoms with E-state index in [1.165, 1.54) is 6.33 Å². The van der Waals surface area contributed by atoms with Crippen LogP contribution in [0.4, 0.5) is 5.69 Å². The first-order valence-electron chi connectivity index (χ1n) is 8.78. The van der Waals surface area contributed by atoms with Gasteiger partial charge in [-0.25, -0.2) is 9.67 Å². The average molecular weight is 432 g/mol. The van der Waals surface area contributed by atoms with Gasteiger partial charge in [0.2, 0.25) is 5.91 Å². The van der Waals surface area contributed by atoms with Gasteiger partial charge in [-0.1, -0.05) is 6.07 Å². The number of methoxy groups -OCH3 is 1. The van der Waals surface area contributed by atoms with Gasteiger partial charge < -0.3 is 20.1 Å². The van der Waals surface area contributed by atoms with E-state index in [0.717, 1.165) is 31.6 Å². The van der Waals surface area contributed by atoms with Gasteiger partial charge in [0, 0.05) is 18.9 Å². The summed E-state index contributed by atoms with van der Waals surface area (Å²) in [5.74, 6) is 0.703. The Morgan fingerprint density at radius 1 is 1.32 bits per heavy atom. The van der Waals surface area contributed by atoms with E-state index < -0.39 is 5.41 Å². The van der Waals surface area contributed by atoms with E-state index in [2.05, 4.69) is 20.7 Å². The van der Waals surface area contributed by atoms with Crippen LogP contribution in [-0.4, -0.2) is 54.1 Å². The SMILES string of the molecule is COCC1(C(=O)Nc2cccc(OCCn3cncn3)c2)CCNCC1.Cl.Cl. The summed E-state index contributed by atoms with van der Waals surface area (Å²) in [6, 6.07) is 7.43. The summed E-state index contributed by atoms with van der Waals surface area (Å²) in [4.78, 5) is 16.8. The van der Waals surface area contributed by atoms with Gasteiger partial charge in [0.15, 0.2) is 0 Å². The zero-order valence-corrected chi connectivity index (χ0v) is 17.4. The van der Waals surface area contributed by atoms with Crippen LogP contribution in [0.5, 0.6) is 5.75 Å². The fourth-order valence-electron chi connectivity index (χ4n) is 3.15. The fraction of sp³-hybridized carbons (Fsp3) is 0.500. The second kappa shape index (κ2) is 11.9. The quantitative estimate of drug-likeness (QED) is 0.665. The molecule has 28 heavy (non-hydrogen) atoms. The maximum Gasteiger partial charge on any atom is 0.233 e. The van der Waals surface area contributed by atoms with Crippen LogP contribution in [-0.2, 0) is 16.1 Å². The van der Waals surface area contributed by atoms with Crippen molar-refractivity contribution in [3.8, 4) is 5.75 Å². The van der Waals surface area contributed by atoms with E-state index in [0.29, 0.717) is 25.5 Å². The largest absolute Gasteiger partial charge is 0.492 e. The topological polar surface area (TPSA) is 90.3 Å². The molecule has 2 aromatic rings. The highest BCUT2D eigenvalue weighted by Crippen LogP contribution is 2.31. The molecule has 1 aliphatic rings. The van der Waals surface area contributed by atoms with Crippen molar-refractivity contribution in [2.75, 3.05) is 38.7 Å². The van der Waals surface area contributed by atoms with E-state index in [1.807, 2.05) is 24.3 Å². The number of nitrogens with one attached hydrogen (secondary N) is 2. The van der Waals surface area contributed by atoms with Gasteiger partial charge in [0.25, 0.3) is 0 Å². The zero-order valence-electron chi connectivity index (χ0n) is 15.8. The molecule has 1 aromatic carbocycles. The van der Waals surface area contributed by atoms with Crippen LogP contribution in [0.15, 0.2) is 36.9 Å². The van der Waals surface area contributed by atoms with E-state index >= 15 is 0 Å². The van der Waals surface area contributed by atoms with Crippen molar-refractivity contribution in [3.63, 3.8) is 0 Å². The minimum Gasteiger partial charge on any atom is -0.492 e. The molecule has 0 atom stereocenters. The highest BCUT2D eigenvalue weighted by molar-refractivity contribution is 5.95. The normalized spacial score (nSPS) is 15.0. The molecular weight excluding hydrogens is 405 g/mol. The summed E-state index contributed by atoms with van der Waals surface area (Å²) >= 11 is 0. The Balaban J connectivity index is 0.00000196. The molecular formula is C18H27Cl2N5O3. The van der Waals surface area contributed by atoms with Gasteiger partial charge in [0.05, 0.1) is 18.6 Å². The molecule has 0 spiro atoms. The number of carbonyl (C=O) groups is 1. The molecule has 10 heteroatoms. The number of aromatic nitrogens is 3. The summed E-state index contributed by atoms with van der Waals surface area (Å²) in [5.41, 5.74) is 0.242. The summed E-state index contributed by atoms with van der Waals surface area (Å²) in [7, 11) is 1.64. The molecule has 0 unspecified atom stereocenters. The number of ether oxygens (including phenoxy) is 2. The van der Waals surface area contributed by atoms with Crippen LogP contribution in [0.3, 0.4) is 0 Å². The lowest BCUT2D eigenvalue weighted by Gasteiger charge is -2.35. The van der Waals surface area contributed by atoms with Crippen molar-refractivity contribution < 1.29 is 14.3 Å². The van der Waals surface area contributed by atoms with Crippen LogP contribution < -0.4 is 15.4 Å². The number of piperidine rings is 1. The van der Waals surface area contributed by atoms with Gasteiger partial charge >= 0.3 is 0 Å². The molecule has 0 saturated carbocycles. The molecule has 0 bridgehead atoms. The van der Waals surface area contributed by atoms with Crippen LogP contribution in [0.25, 0.3) is 0 Å². The molecule has 1 aromatic heterocycles. The molecule has 1 saturated heterocycles. The molecule has 2 heterocycles. The predicted octanol–water partition coefficient (Wildman–Crippen LogP) is 2.16. The van der Waals surface area contributed by atoms with E-state index in [-0.39, 0.29) is 30.7 Å². The Labute approximate surface area is 177 Å². The third kappa shape index (κ3) is 6.34. The summed E-state index contributed by atoms with van der Waals surface area (Å²) in [6.45, 7) is 3.15. The van der Waals surface area contributed by atoms with Crippen molar-refractivity contribution in [2.45, 2.75) is 19.4 Å². The zero-order chi connectivity index (χ0) is 18.2. The van der Waals surface area contributed by atoms with Crippen molar-refractivity contribution in [1.29, 1.82) is 0 Å². The number of nitrogens with zero attached hydrogens (tertiary/aromatic N) is 3. The predicted molar refractivity (Wildman–Crippen MR) is 111 cm³/mol. The maximum atomic E-state index is 12.9. The van der Waals surface area contributed by atoms with Gasteiger partial charge in [-0.3, -0.25) is 4.79 Å². The number of anilines is 1. The molecule has 1 fully saturated rings. The number of halogens is 2.